The lowest BCUT2D eigenvalue weighted by molar-refractivity contribution is -0.124. The summed E-state index contributed by atoms with van der Waals surface area (Å²) in [6, 6.07) is 3.53. The molecule has 0 radical (unpaired) electrons. The van der Waals surface area contributed by atoms with Gasteiger partial charge in [0, 0.05) is 6.54 Å². The van der Waals surface area contributed by atoms with Crippen LogP contribution in [0.25, 0.3) is 0 Å². The number of aromatic carboxylic acids is 1. The summed E-state index contributed by atoms with van der Waals surface area (Å²) in [5, 5.41) is 16.8. The molecular formula is C14H17N3O4. The Kier molecular flexibility index (Phi) is 4.42. The predicted molar refractivity (Wildman–Crippen MR) is 76.3 cm³/mol. The SMILES string of the molecule is Cc1ccc(NC(=O)NC2CCCNC2=O)c(C(=O)O)c1. The number of carboxylic acid groups (broad SMARTS) is 1. The number of urea groups is 1. The first-order chi connectivity index (χ1) is 9.97. The number of aryl methyl sites for hydroxylation is 1. The van der Waals surface area contributed by atoms with Crippen molar-refractivity contribution in [3.8, 4) is 0 Å². The first kappa shape index (κ1) is 14.8. The molecule has 0 aromatic heterocycles. The van der Waals surface area contributed by atoms with Gasteiger partial charge in [-0.1, -0.05) is 11.6 Å². The molecule has 1 unspecified atom stereocenters. The van der Waals surface area contributed by atoms with Gasteiger partial charge in [-0.15, -0.1) is 0 Å². The van der Waals surface area contributed by atoms with Gasteiger partial charge in [0.2, 0.25) is 5.91 Å². The summed E-state index contributed by atoms with van der Waals surface area (Å²) in [6.45, 7) is 2.38. The molecule has 0 saturated carbocycles. The van der Waals surface area contributed by atoms with E-state index in [9.17, 15) is 14.4 Å². The van der Waals surface area contributed by atoms with Crippen molar-refractivity contribution in [2.75, 3.05) is 11.9 Å². The lowest BCUT2D eigenvalue weighted by Gasteiger charge is -2.23. The van der Waals surface area contributed by atoms with Gasteiger partial charge in [-0.25, -0.2) is 9.59 Å². The Bertz CT molecular complexity index is 586. The predicted octanol–water partition coefficient (Wildman–Crippen LogP) is 1.09. The topological polar surface area (TPSA) is 108 Å². The van der Waals surface area contributed by atoms with Crippen LogP contribution in [0.1, 0.15) is 28.8 Å². The first-order valence-corrected chi connectivity index (χ1v) is 6.66. The molecule has 1 saturated heterocycles. The van der Waals surface area contributed by atoms with E-state index in [0.717, 1.165) is 12.0 Å². The Morgan fingerprint density at radius 1 is 1.38 bits per heavy atom. The van der Waals surface area contributed by atoms with Crippen molar-refractivity contribution in [2.45, 2.75) is 25.8 Å². The van der Waals surface area contributed by atoms with Crippen molar-refractivity contribution in [3.63, 3.8) is 0 Å². The van der Waals surface area contributed by atoms with E-state index >= 15 is 0 Å². The molecule has 1 heterocycles. The third kappa shape index (κ3) is 3.71. The molecule has 1 fully saturated rings. The van der Waals surface area contributed by atoms with Gasteiger partial charge in [0.15, 0.2) is 0 Å². The van der Waals surface area contributed by atoms with E-state index in [1.807, 2.05) is 0 Å². The van der Waals surface area contributed by atoms with Crippen LogP contribution in [0.3, 0.4) is 0 Å². The number of anilines is 1. The number of carboxylic acids is 1. The average Bonchev–Trinajstić information content (AvgIpc) is 2.43. The number of piperidine rings is 1. The minimum atomic E-state index is -1.12. The molecule has 7 nitrogen and oxygen atoms in total. The van der Waals surface area contributed by atoms with Crippen molar-refractivity contribution in [3.05, 3.63) is 29.3 Å². The largest absolute Gasteiger partial charge is 0.478 e. The Labute approximate surface area is 121 Å². The number of carbonyl (C=O) groups excluding carboxylic acids is 2. The Morgan fingerprint density at radius 3 is 2.81 bits per heavy atom. The molecule has 7 heteroatoms. The molecule has 0 bridgehead atoms. The summed E-state index contributed by atoms with van der Waals surface area (Å²) in [5.41, 5.74) is 0.991. The van der Waals surface area contributed by atoms with Crippen molar-refractivity contribution >= 4 is 23.6 Å². The summed E-state index contributed by atoms with van der Waals surface area (Å²) < 4.78 is 0. The van der Waals surface area contributed by atoms with Crippen LogP contribution >= 0.6 is 0 Å². The highest BCUT2D eigenvalue weighted by Crippen LogP contribution is 2.17. The second-order valence-corrected chi connectivity index (χ2v) is 4.94. The highest BCUT2D eigenvalue weighted by atomic mass is 16.4. The summed E-state index contributed by atoms with van der Waals surface area (Å²) in [7, 11) is 0. The fourth-order valence-electron chi connectivity index (χ4n) is 2.17. The van der Waals surface area contributed by atoms with Crippen molar-refractivity contribution in [1.82, 2.24) is 10.6 Å². The van der Waals surface area contributed by atoms with Gasteiger partial charge in [-0.05, 0) is 31.9 Å². The van der Waals surface area contributed by atoms with Gasteiger partial charge in [0.25, 0.3) is 0 Å². The molecule has 1 aromatic rings. The van der Waals surface area contributed by atoms with Gasteiger partial charge >= 0.3 is 12.0 Å². The number of amides is 3. The number of benzene rings is 1. The molecule has 1 atom stereocenters. The second-order valence-electron chi connectivity index (χ2n) is 4.94. The fourth-order valence-corrected chi connectivity index (χ4v) is 2.17. The lowest BCUT2D eigenvalue weighted by Crippen LogP contribution is -2.51. The third-order valence-electron chi connectivity index (χ3n) is 3.24. The summed E-state index contributed by atoms with van der Waals surface area (Å²) in [5.74, 6) is -1.34. The maximum Gasteiger partial charge on any atom is 0.337 e. The molecule has 1 aliphatic rings. The molecule has 0 aliphatic carbocycles. The minimum absolute atomic E-state index is 0.0123. The first-order valence-electron chi connectivity index (χ1n) is 6.66. The number of rotatable bonds is 3. The molecule has 2 rings (SSSR count). The van der Waals surface area contributed by atoms with E-state index in [-0.39, 0.29) is 17.2 Å². The second kappa shape index (κ2) is 6.25. The molecule has 21 heavy (non-hydrogen) atoms. The zero-order chi connectivity index (χ0) is 15.4. The van der Waals surface area contributed by atoms with Crippen LogP contribution in [0.2, 0.25) is 0 Å². The van der Waals surface area contributed by atoms with Crippen LogP contribution in [0.5, 0.6) is 0 Å². The normalized spacial score (nSPS) is 17.8. The van der Waals surface area contributed by atoms with Crippen LogP contribution in [0.15, 0.2) is 18.2 Å². The smallest absolute Gasteiger partial charge is 0.337 e. The van der Waals surface area contributed by atoms with E-state index in [1.54, 1.807) is 13.0 Å². The zero-order valence-electron chi connectivity index (χ0n) is 11.6. The molecule has 112 valence electrons. The van der Waals surface area contributed by atoms with Crippen LogP contribution in [-0.2, 0) is 4.79 Å². The van der Waals surface area contributed by atoms with Crippen molar-refractivity contribution < 1.29 is 19.5 Å². The number of hydrogen-bond donors (Lipinski definition) is 4. The molecule has 0 spiro atoms. The number of carbonyl (C=O) groups is 3. The van der Waals surface area contributed by atoms with E-state index in [2.05, 4.69) is 16.0 Å². The Balaban J connectivity index is 2.05. The number of nitrogens with one attached hydrogen (secondary N) is 3. The summed E-state index contributed by atoms with van der Waals surface area (Å²) >= 11 is 0. The van der Waals surface area contributed by atoms with Crippen molar-refractivity contribution in [2.24, 2.45) is 0 Å². The monoisotopic (exact) mass is 291 g/mol. The van der Waals surface area contributed by atoms with E-state index < -0.39 is 18.0 Å². The van der Waals surface area contributed by atoms with Gasteiger partial charge in [-0.2, -0.15) is 0 Å². The highest BCUT2D eigenvalue weighted by Gasteiger charge is 2.24. The number of hydrogen-bond acceptors (Lipinski definition) is 3. The maximum absolute atomic E-state index is 11.9. The summed E-state index contributed by atoms with van der Waals surface area (Å²) in [6.07, 6.45) is 1.36. The van der Waals surface area contributed by atoms with Gasteiger partial charge in [0.05, 0.1) is 11.3 Å². The van der Waals surface area contributed by atoms with Crippen LogP contribution in [-0.4, -0.2) is 35.6 Å². The Hall–Kier alpha value is -2.57. The van der Waals surface area contributed by atoms with Crippen molar-refractivity contribution in [1.29, 1.82) is 0 Å². The quantitative estimate of drug-likeness (QED) is 0.668. The molecule has 3 amide bonds. The molecular weight excluding hydrogens is 274 g/mol. The molecule has 1 aromatic carbocycles. The van der Waals surface area contributed by atoms with E-state index in [1.165, 1.54) is 12.1 Å². The van der Waals surface area contributed by atoms with Crippen LogP contribution < -0.4 is 16.0 Å². The van der Waals surface area contributed by atoms with E-state index in [0.29, 0.717) is 13.0 Å². The lowest BCUT2D eigenvalue weighted by atomic mass is 10.1. The van der Waals surface area contributed by atoms with Crippen LogP contribution in [0.4, 0.5) is 10.5 Å². The van der Waals surface area contributed by atoms with E-state index in [4.69, 9.17) is 5.11 Å². The maximum atomic E-state index is 11.9. The molecule has 4 N–H and O–H groups in total. The van der Waals surface area contributed by atoms with Crippen LogP contribution in [0, 0.1) is 6.92 Å². The standard InChI is InChI=1S/C14H17N3O4/c1-8-4-5-10(9(7-8)13(19)20)16-14(21)17-11-3-2-6-15-12(11)18/h4-5,7,11H,2-3,6H2,1H3,(H,15,18)(H,19,20)(H2,16,17,21). The highest BCUT2D eigenvalue weighted by molar-refractivity contribution is 6.01. The third-order valence-corrected chi connectivity index (χ3v) is 3.24. The molecule has 1 aliphatic heterocycles. The van der Waals surface area contributed by atoms with Gasteiger partial charge in [0.1, 0.15) is 6.04 Å². The fraction of sp³-hybridized carbons (Fsp3) is 0.357. The summed E-state index contributed by atoms with van der Waals surface area (Å²) in [4.78, 5) is 34.6. The Morgan fingerprint density at radius 2 is 2.14 bits per heavy atom. The minimum Gasteiger partial charge on any atom is -0.478 e. The zero-order valence-corrected chi connectivity index (χ0v) is 11.6. The van der Waals surface area contributed by atoms with Gasteiger partial charge in [-0.3, -0.25) is 4.79 Å². The van der Waals surface area contributed by atoms with Gasteiger partial charge < -0.3 is 21.1 Å². The average molecular weight is 291 g/mol.